The van der Waals surface area contributed by atoms with Crippen LogP contribution in [-0.2, 0) is 11.9 Å². The van der Waals surface area contributed by atoms with Crippen LogP contribution in [0.3, 0.4) is 0 Å². The number of rotatable bonds is 3. The predicted octanol–water partition coefficient (Wildman–Crippen LogP) is 1.19. The lowest BCUT2D eigenvalue weighted by Crippen LogP contribution is -2.26. The van der Waals surface area contributed by atoms with E-state index in [1.54, 1.807) is 4.68 Å². The molecule has 0 aliphatic carbocycles. The Balaban J connectivity index is 0.000000154. The van der Waals surface area contributed by atoms with Gasteiger partial charge in [0, 0.05) is 20.5 Å². The first-order chi connectivity index (χ1) is 10.1. The Bertz CT molecular complexity index is 606. The third-order valence-corrected chi connectivity index (χ3v) is 3.05. The maximum absolute atomic E-state index is 4.98. The van der Waals surface area contributed by atoms with E-state index in [4.69, 9.17) is 4.84 Å². The van der Waals surface area contributed by atoms with Crippen molar-refractivity contribution < 1.29 is 4.84 Å². The Labute approximate surface area is 124 Å². The Hall–Kier alpha value is -1.99. The van der Waals surface area contributed by atoms with Gasteiger partial charge in [-0.2, -0.15) is 0 Å². The van der Waals surface area contributed by atoms with Gasteiger partial charge in [0.2, 0.25) is 5.90 Å². The molecule has 7 heteroatoms. The molecule has 1 N–H and O–H groups in total. The minimum Gasteiger partial charge on any atom is -0.392 e. The molecule has 0 radical (unpaired) electrons. The number of fused-ring (bicyclic) bond motifs is 1. The van der Waals surface area contributed by atoms with Crippen LogP contribution in [0.2, 0.25) is 0 Å². The summed E-state index contributed by atoms with van der Waals surface area (Å²) < 4.78 is 1.76. The number of nitrogens with zero attached hydrogens (tertiary/aromatic N) is 5. The largest absolute Gasteiger partial charge is 0.392 e. The van der Waals surface area contributed by atoms with Crippen LogP contribution in [0.15, 0.2) is 29.3 Å². The average Bonchev–Trinajstić information content (AvgIpc) is 3.05. The van der Waals surface area contributed by atoms with Crippen molar-refractivity contribution in [1.29, 1.82) is 0 Å². The summed E-state index contributed by atoms with van der Waals surface area (Å²) in [4.78, 5) is 11.3. The molecule has 0 amide bonds. The lowest BCUT2D eigenvalue weighted by Gasteiger charge is -2.10. The molecule has 0 saturated carbocycles. The van der Waals surface area contributed by atoms with Crippen LogP contribution in [-0.4, -0.2) is 52.6 Å². The van der Waals surface area contributed by atoms with Crippen molar-refractivity contribution in [3.05, 3.63) is 24.3 Å². The number of hydrogen-bond donors (Lipinski definition) is 1. The molecule has 1 aliphatic rings. The van der Waals surface area contributed by atoms with Gasteiger partial charge in [0.05, 0.1) is 5.52 Å². The summed E-state index contributed by atoms with van der Waals surface area (Å²) in [5.74, 6) is 0.730. The zero-order valence-corrected chi connectivity index (χ0v) is 12.9. The fourth-order valence-corrected chi connectivity index (χ4v) is 1.92. The minimum absolute atomic E-state index is 0.150. The van der Waals surface area contributed by atoms with Gasteiger partial charge in [-0.25, -0.2) is 9.67 Å². The topological polar surface area (TPSA) is 67.6 Å². The van der Waals surface area contributed by atoms with Gasteiger partial charge in [-0.05, 0) is 32.6 Å². The van der Waals surface area contributed by atoms with Crippen LogP contribution in [0.25, 0.3) is 11.0 Å². The first kappa shape index (κ1) is 15.4. The highest BCUT2D eigenvalue weighted by Gasteiger charge is 2.14. The summed E-state index contributed by atoms with van der Waals surface area (Å²) in [6.45, 7) is 2.88. The van der Waals surface area contributed by atoms with Crippen molar-refractivity contribution >= 4 is 16.9 Å². The van der Waals surface area contributed by atoms with Gasteiger partial charge < -0.3 is 9.74 Å². The van der Waals surface area contributed by atoms with Crippen molar-refractivity contribution in [2.24, 2.45) is 12.0 Å². The molecule has 114 valence electrons. The Kier molecular flexibility index (Phi) is 5.24. The molecule has 2 aromatic rings. The molecule has 0 spiro atoms. The maximum atomic E-state index is 4.98. The highest BCUT2D eigenvalue weighted by atomic mass is 16.7. The van der Waals surface area contributed by atoms with Crippen molar-refractivity contribution in [2.75, 3.05) is 20.6 Å². The van der Waals surface area contributed by atoms with E-state index in [2.05, 4.69) is 25.7 Å². The van der Waals surface area contributed by atoms with Crippen molar-refractivity contribution in [2.45, 2.75) is 19.5 Å². The van der Waals surface area contributed by atoms with Crippen molar-refractivity contribution in [3.8, 4) is 0 Å². The molecule has 1 aromatic carbocycles. The van der Waals surface area contributed by atoms with Crippen LogP contribution in [0.4, 0.5) is 0 Å². The van der Waals surface area contributed by atoms with E-state index in [1.165, 1.54) is 0 Å². The summed E-state index contributed by atoms with van der Waals surface area (Å²) in [6, 6.07) is 7.88. The predicted molar refractivity (Wildman–Crippen MR) is 82.8 cm³/mol. The molecule has 1 aliphatic heterocycles. The van der Waals surface area contributed by atoms with E-state index in [-0.39, 0.29) is 6.17 Å². The molecular weight excluding hydrogens is 268 g/mol. The zero-order valence-electron chi connectivity index (χ0n) is 12.9. The van der Waals surface area contributed by atoms with E-state index >= 15 is 0 Å². The van der Waals surface area contributed by atoms with Gasteiger partial charge in [0.15, 0.2) is 0 Å². The lowest BCUT2D eigenvalue weighted by atomic mass is 10.3. The molecule has 1 atom stereocenters. The highest BCUT2D eigenvalue weighted by molar-refractivity contribution is 5.74. The van der Waals surface area contributed by atoms with E-state index in [0.717, 1.165) is 29.9 Å². The van der Waals surface area contributed by atoms with Crippen LogP contribution in [0.1, 0.15) is 13.3 Å². The molecule has 3 rings (SSSR count). The number of nitrogens with one attached hydrogen (secondary N) is 1. The number of para-hydroxylation sites is 1. The summed E-state index contributed by atoms with van der Waals surface area (Å²) in [5, 5.41) is 7.79. The number of hydrogen-bond acceptors (Lipinski definition) is 6. The standard InChI is InChI=1S/C7H15N3O.C7H7N3/c1-6-8-7(9-11-6)4-5-10(2)3;1-10-7-5-3-2-4-6(7)8-9-10/h7,9H,4-5H2,1-3H3;2-5H,1H3. The normalized spacial score (nSPS) is 17.4. The fraction of sp³-hybridized carbons (Fsp3) is 0.500. The quantitative estimate of drug-likeness (QED) is 0.919. The van der Waals surface area contributed by atoms with Gasteiger partial charge >= 0.3 is 0 Å². The summed E-state index contributed by atoms with van der Waals surface area (Å²) in [5.41, 5.74) is 4.85. The van der Waals surface area contributed by atoms with E-state index in [1.807, 2.05) is 52.3 Å². The molecular formula is C14H22N6O. The van der Waals surface area contributed by atoms with Crippen molar-refractivity contribution in [3.63, 3.8) is 0 Å². The number of aryl methyl sites for hydroxylation is 1. The second-order valence-corrected chi connectivity index (χ2v) is 5.18. The third kappa shape index (κ3) is 4.51. The molecule has 0 saturated heterocycles. The van der Waals surface area contributed by atoms with Gasteiger partial charge in [-0.1, -0.05) is 17.3 Å². The average molecular weight is 290 g/mol. The van der Waals surface area contributed by atoms with Crippen LogP contribution in [0.5, 0.6) is 0 Å². The smallest absolute Gasteiger partial charge is 0.207 e. The first-order valence-corrected chi connectivity index (χ1v) is 6.92. The monoisotopic (exact) mass is 290 g/mol. The SMILES string of the molecule is CC1=NC(CCN(C)C)NO1.Cn1nnc2ccccc21. The second kappa shape index (κ2) is 7.14. The molecule has 21 heavy (non-hydrogen) atoms. The van der Waals surface area contributed by atoms with Gasteiger partial charge in [0.25, 0.3) is 0 Å². The number of aliphatic imine (C=N–C) groups is 1. The minimum atomic E-state index is 0.150. The van der Waals surface area contributed by atoms with E-state index in [9.17, 15) is 0 Å². The van der Waals surface area contributed by atoms with Crippen molar-refractivity contribution in [1.82, 2.24) is 25.4 Å². The highest BCUT2D eigenvalue weighted by Crippen LogP contribution is 2.06. The molecule has 0 bridgehead atoms. The first-order valence-electron chi connectivity index (χ1n) is 6.92. The number of aromatic nitrogens is 3. The fourth-order valence-electron chi connectivity index (χ4n) is 1.92. The molecule has 1 unspecified atom stereocenters. The zero-order chi connectivity index (χ0) is 15.2. The van der Waals surface area contributed by atoms with E-state index < -0.39 is 0 Å². The summed E-state index contributed by atoms with van der Waals surface area (Å²) in [7, 11) is 5.98. The third-order valence-electron chi connectivity index (χ3n) is 3.05. The lowest BCUT2D eigenvalue weighted by molar-refractivity contribution is 0.168. The van der Waals surface area contributed by atoms with Gasteiger partial charge in [0.1, 0.15) is 11.7 Å². The van der Waals surface area contributed by atoms with Crippen LogP contribution in [0, 0.1) is 0 Å². The Morgan fingerprint density at radius 3 is 2.71 bits per heavy atom. The van der Waals surface area contributed by atoms with Crippen LogP contribution < -0.4 is 5.48 Å². The maximum Gasteiger partial charge on any atom is 0.207 e. The molecule has 7 nitrogen and oxygen atoms in total. The molecule has 2 heterocycles. The molecule has 0 fully saturated rings. The Morgan fingerprint density at radius 2 is 2.10 bits per heavy atom. The number of hydroxylamine groups is 1. The summed E-state index contributed by atoms with van der Waals surface area (Å²) >= 11 is 0. The molecule has 1 aromatic heterocycles. The van der Waals surface area contributed by atoms with Gasteiger partial charge in [-0.3, -0.25) is 0 Å². The second-order valence-electron chi connectivity index (χ2n) is 5.18. The van der Waals surface area contributed by atoms with Gasteiger partial charge in [-0.15, -0.1) is 10.6 Å². The Morgan fingerprint density at radius 1 is 1.33 bits per heavy atom. The number of benzene rings is 1. The summed E-state index contributed by atoms with van der Waals surface area (Å²) in [6.07, 6.45) is 1.14. The van der Waals surface area contributed by atoms with E-state index in [0.29, 0.717) is 0 Å². The van der Waals surface area contributed by atoms with Crippen LogP contribution >= 0.6 is 0 Å².